The average Bonchev–Trinajstić information content (AvgIpc) is 2.87. The van der Waals surface area contributed by atoms with Gasteiger partial charge >= 0.3 is 0 Å². The number of piperidine rings is 1. The Morgan fingerprint density at radius 3 is 1.44 bits per heavy atom. The monoisotopic (exact) mass is 494 g/mol. The molecule has 1 aliphatic heterocycles. The fraction of sp³-hybridized carbons (Fsp3) is 0.957. The van der Waals surface area contributed by atoms with Gasteiger partial charge in [-0.15, -0.1) is 0 Å². The summed E-state index contributed by atoms with van der Waals surface area (Å²) in [5.41, 5.74) is 0. The van der Waals surface area contributed by atoms with Crippen molar-refractivity contribution in [1.82, 2.24) is 10.6 Å². The Bertz CT molecular complexity index is 441. The van der Waals surface area contributed by atoms with Crippen LogP contribution in [0.4, 0.5) is 0 Å². The molecule has 34 heavy (non-hydrogen) atoms. The predicted octanol–water partition coefficient (Wildman–Crippen LogP) is 0.00730. The number of amides is 1. The maximum absolute atomic E-state index is 11.9. The Morgan fingerprint density at radius 1 is 0.647 bits per heavy atom. The molecule has 0 bridgehead atoms. The van der Waals surface area contributed by atoms with Crippen molar-refractivity contribution in [1.29, 1.82) is 0 Å². The third-order valence-corrected chi connectivity index (χ3v) is 4.84. The van der Waals surface area contributed by atoms with Crippen molar-refractivity contribution in [2.45, 2.75) is 25.3 Å². The van der Waals surface area contributed by atoms with Crippen molar-refractivity contribution >= 4 is 5.91 Å². The van der Waals surface area contributed by atoms with E-state index in [2.05, 4.69) is 10.6 Å². The second-order valence-electron chi connectivity index (χ2n) is 7.57. The lowest BCUT2D eigenvalue weighted by Gasteiger charge is -2.22. The van der Waals surface area contributed by atoms with Crippen LogP contribution in [0.5, 0.6) is 0 Å². The molecule has 11 nitrogen and oxygen atoms in total. The predicted molar refractivity (Wildman–Crippen MR) is 126 cm³/mol. The number of nitrogens with one attached hydrogen (secondary N) is 2. The van der Waals surface area contributed by atoms with E-state index < -0.39 is 0 Å². The Kier molecular flexibility index (Phi) is 23.1. The second kappa shape index (κ2) is 25.2. The summed E-state index contributed by atoms with van der Waals surface area (Å²) in [7, 11) is 1.64. The van der Waals surface area contributed by atoms with Crippen LogP contribution in [-0.4, -0.2) is 131 Å². The summed E-state index contributed by atoms with van der Waals surface area (Å²) in [6.45, 7) is 9.38. The van der Waals surface area contributed by atoms with E-state index in [0.29, 0.717) is 106 Å². The number of carbonyl (C=O) groups excluding carboxylic acids is 1. The van der Waals surface area contributed by atoms with Crippen molar-refractivity contribution in [2.24, 2.45) is 0 Å². The van der Waals surface area contributed by atoms with Crippen LogP contribution in [0, 0.1) is 0 Å². The minimum atomic E-state index is -0.0521. The summed E-state index contributed by atoms with van der Waals surface area (Å²) < 4.78 is 42.8. The van der Waals surface area contributed by atoms with Gasteiger partial charge in [-0.05, 0) is 19.4 Å². The fourth-order valence-corrected chi connectivity index (χ4v) is 3.01. The summed E-state index contributed by atoms with van der Waals surface area (Å²) in [4.78, 5) is 11.9. The van der Waals surface area contributed by atoms with E-state index in [4.69, 9.17) is 37.9 Å². The molecule has 0 radical (unpaired) electrons. The maximum atomic E-state index is 11.9. The van der Waals surface area contributed by atoms with E-state index in [-0.39, 0.29) is 11.9 Å². The van der Waals surface area contributed by atoms with E-state index in [0.717, 1.165) is 25.8 Å². The molecule has 1 heterocycles. The molecule has 1 saturated heterocycles. The minimum Gasteiger partial charge on any atom is -0.382 e. The standard InChI is InChI=1S/C23H46N2O9/c1-27-8-9-29-12-13-31-16-17-33-20-21-34-19-18-32-15-14-30-11-10-28-7-6-25-23(26)22-4-2-3-5-24-22/h22,24H,2-21H2,1H3,(H,25,26). The van der Waals surface area contributed by atoms with Crippen molar-refractivity contribution < 1.29 is 42.7 Å². The van der Waals surface area contributed by atoms with E-state index in [1.54, 1.807) is 7.11 Å². The van der Waals surface area contributed by atoms with Crippen LogP contribution in [-0.2, 0) is 42.7 Å². The van der Waals surface area contributed by atoms with E-state index in [1.807, 2.05) is 0 Å². The highest BCUT2D eigenvalue weighted by Crippen LogP contribution is 2.06. The van der Waals surface area contributed by atoms with Gasteiger partial charge in [0.15, 0.2) is 0 Å². The summed E-state index contributed by atoms with van der Waals surface area (Å²) in [6.07, 6.45) is 3.16. The molecule has 11 heteroatoms. The van der Waals surface area contributed by atoms with Gasteiger partial charge in [-0.2, -0.15) is 0 Å². The van der Waals surface area contributed by atoms with Gasteiger partial charge in [0.05, 0.1) is 105 Å². The molecule has 1 amide bonds. The first-order valence-electron chi connectivity index (χ1n) is 12.4. The molecule has 0 spiro atoms. The van der Waals surface area contributed by atoms with E-state index in [9.17, 15) is 4.79 Å². The zero-order chi connectivity index (χ0) is 24.4. The second-order valence-corrected chi connectivity index (χ2v) is 7.57. The molecule has 0 aliphatic carbocycles. The van der Waals surface area contributed by atoms with E-state index in [1.165, 1.54) is 0 Å². The molecule has 0 aromatic rings. The number of methoxy groups -OCH3 is 1. The number of carbonyl (C=O) groups is 1. The third kappa shape index (κ3) is 20.5. The first kappa shape index (κ1) is 31.1. The van der Waals surface area contributed by atoms with Gasteiger partial charge in [0.2, 0.25) is 5.91 Å². The largest absolute Gasteiger partial charge is 0.382 e. The first-order valence-corrected chi connectivity index (χ1v) is 12.4. The quantitative estimate of drug-likeness (QED) is 0.168. The molecule has 202 valence electrons. The Labute approximate surface area is 204 Å². The summed E-state index contributed by atoms with van der Waals surface area (Å²) in [5.74, 6) is 0.0642. The molecule has 1 rings (SSSR count). The molecule has 1 aliphatic rings. The highest BCUT2D eigenvalue weighted by molar-refractivity contribution is 5.81. The Hall–Kier alpha value is -0.890. The highest BCUT2D eigenvalue weighted by atomic mass is 16.6. The fourth-order valence-electron chi connectivity index (χ4n) is 3.01. The average molecular weight is 495 g/mol. The van der Waals surface area contributed by atoms with Crippen LogP contribution < -0.4 is 10.6 Å². The lowest BCUT2D eigenvalue weighted by Crippen LogP contribution is -2.47. The zero-order valence-electron chi connectivity index (χ0n) is 20.9. The van der Waals surface area contributed by atoms with Crippen LogP contribution in [0.15, 0.2) is 0 Å². The number of hydrogen-bond acceptors (Lipinski definition) is 10. The molecular weight excluding hydrogens is 448 g/mol. The van der Waals surface area contributed by atoms with Crippen LogP contribution in [0.3, 0.4) is 0 Å². The van der Waals surface area contributed by atoms with Crippen LogP contribution in [0.2, 0.25) is 0 Å². The molecule has 0 saturated carbocycles. The molecule has 1 atom stereocenters. The zero-order valence-corrected chi connectivity index (χ0v) is 20.9. The highest BCUT2D eigenvalue weighted by Gasteiger charge is 2.19. The van der Waals surface area contributed by atoms with Crippen molar-refractivity contribution in [3.05, 3.63) is 0 Å². The molecule has 0 aromatic carbocycles. The molecule has 2 N–H and O–H groups in total. The van der Waals surface area contributed by atoms with Crippen molar-refractivity contribution in [3.8, 4) is 0 Å². The van der Waals surface area contributed by atoms with Gasteiger partial charge in [0, 0.05) is 13.7 Å². The third-order valence-electron chi connectivity index (χ3n) is 4.84. The van der Waals surface area contributed by atoms with Crippen molar-refractivity contribution in [3.63, 3.8) is 0 Å². The molecule has 1 unspecified atom stereocenters. The van der Waals surface area contributed by atoms with Crippen LogP contribution >= 0.6 is 0 Å². The van der Waals surface area contributed by atoms with Crippen LogP contribution in [0.25, 0.3) is 0 Å². The van der Waals surface area contributed by atoms with Gasteiger partial charge in [-0.1, -0.05) is 6.42 Å². The number of ether oxygens (including phenoxy) is 8. The Morgan fingerprint density at radius 2 is 1.06 bits per heavy atom. The normalized spacial score (nSPS) is 16.1. The Balaban J connectivity index is 1.66. The van der Waals surface area contributed by atoms with Gasteiger partial charge in [-0.3, -0.25) is 4.79 Å². The van der Waals surface area contributed by atoms with Gasteiger partial charge < -0.3 is 48.5 Å². The SMILES string of the molecule is COCCOCCOCCOCCOCCOCCOCCOCCNC(=O)C1CCCCN1. The number of hydrogen-bond donors (Lipinski definition) is 2. The molecule has 0 aromatic heterocycles. The smallest absolute Gasteiger partial charge is 0.237 e. The van der Waals surface area contributed by atoms with Gasteiger partial charge in [-0.25, -0.2) is 0 Å². The first-order chi connectivity index (χ1) is 16.8. The summed E-state index contributed by atoms with van der Waals surface area (Å²) in [5, 5.41) is 6.13. The topological polar surface area (TPSA) is 115 Å². The maximum Gasteiger partial charge on any atom is 0.237 e. The lowest BCUT2D eigenvalue weighted by atomic mass is 10.0. The summed E-state index contributed by atoms with van der Waals surface area (Å²) in [6, 6.07) is -0.0521. The number of rotatable bonds is 25. The summed E-state index contributed by atoms with van der Waals surface area (Å²) >= 11 is 0. The molecular formula is C23H46N2O9. The van der Waals surface area contributed by atoms with Crippen molar-refractivity contribution in [2.75, 3.05) is 119 Å². The van der Waals surface area contributed by atoms with Crippen LogP contribution in [0.1, 0.15) is 19.3 Å². The minimum absolute atomic E-state index is 0.0521. The van der Waals surface area contributed by atoms with Gasteiger partial charge in [0.25, 0.3) is 0 Å². The molecule has 1 fully saturated rings. The van der Waals surface area contributed by atoms with Gasteiger partial charge in [0.1, 0.15) is 0 Å². The van der Waals surface area contributed by atoms with E-state index >= 15 is 0 Å². The lowest BCUT2D eigenvalue weighted by molar-refractivity contribution is -0.123.